The Morgan fingerprint density at radius 1 is 1.05 bits per heavy atom. The topological polar surface area (TPSA) is 83.5 Å². The van der Waals surface area contributed by atoms with Crippen molar-refractivity contribution in [2.75, 3.05) is 27.4 Å². The molecule has 0 spiro atoms. The Morgan fingerprint density at radius 2 is 1.76 bits per heavy atom. The Morgan fingerprint density at radius 3 is 2.32 bits per heavy atom. The number of rotatable bonds is 10. The lowest BCUT2D eigenvalue weighted by molar-refractivity contribution is -0.147. The molecule has 214 valence electrons. The van der Waals surface area contributed by atoms with Gasteiger partial charge in [0.05, 0.1) is 31.7 Å². The van der Waals surface area contributed by atoms with E-state index in [0.717, 1.165) is 18.4 Å². The van der Waals surface area contributed by atoms with Crippen molar-refractivity contribution in [1.29, 1.82) is 0 Å². The summed E-state index contributed by atoms with van der Waals surface area (Å²) >= 11 is 0. The van der Waals surface area contributed by atoms with Crippen LogP contribution in [0.25, 0.3) is 0 Å². The van der Waals surface area contributed by atoms with Gasteiger partial charge in [0.15, 0.2) is 11.5 Å². The van der Waals surface area contributed by atoms with Crippen LogP contribution >= 0.6 is 0 Å². The minimum absolute atomic E-state index is 0.138. The van der Waals surface area contributed by atoms with Crippen molar-refractivity contribution in [3.63, 3.8) is 0 Å². The smallest absolute Gasteiger partial charge is 0.411 e. The second kappa shape index (κ2) is 12.6. The Labute approximate surface area is 228 Å². The zero-order chi connectivity index (χ0) is 28.2. The molecular weight excluding hydrogens is 486 g/mol. The van der Waals surface area contributed by atoms with Crippen molar-refractivity contribution in [2.45, 2.75) is 91.5 Å². The molecule has 1 unspecified atom stereocenters. The average Bonchev–Trinajstić information content (AvgIpc) is 3.42. The van der Waals surface area contributed by atoms with Gasteiger partial charge >= 0.3 is 12.1 Å². The minimum Gasteiger partial charge on any atom is -0.493 e. The Hall–Kier alpha value is -2.48. The van der Waals surface area contributed by atoms with E-state index in [4.69, 9.17) is 23.7 Å². The summed E-state index contributed by atoms with van der Waals surface area (Å²) < 4.78 is 28.7. The second-order valence-corrected chi connectivity index (χ2v) is 12.2. The third kappa shape index (κ3) is 6.93. The zero-order valence-electron chi connectivity index (χ0n) is 24.6. The van der Waals surface area contributed by atoms with Crippen LogP contribution in [0.4, 0.5) is 4.79 Å². The van der Waals surface area contributed by atoms with E-state index >= 15 is 0 Å². The SMILES string of the molecule is COCCCOc1cc(C2[C@H](C(C)C)C[C@@H]([C@H]3C[C@@H](C(C)C)C(=O)O3)N2C(=O)OC(C)(C)C)ccc1OC. The van der Waals surface area contributed by atoms with E-state index in [0.29, 0.717) is 31.1 Å². The summed E-state index contributed by atoms with van der Waals surface area (Å²) in [5.74, 6) is 1.53. The molecule has 0 aliphatic carbocycles. The van der Waals surface area contributed by atoms with Crippen LogP contribution in [0.1, 0.15) is 79.3 Å². The summed E-state index contributed by atoms with van der Waals surface area (Å²) in [4.78, 5) is 28.4. The van der Waals surface area contributed by atoms with E-state index < -0.39 is 11.7 Å². The number of hydrogen-bond donors (Lipinski definition) is 0. The number of ether oxygens (including phenoxy) is 5. The fourth-order valence-electron chi connectivity index (χ4n) is 5.66. The first kappa shape index (κ1) is 30.1. The minimum atomic E-state index is -0.662. The maximum atomic E-state index is 13.8. The maximum absolute atomic E-state index is 13.8. The van der Waals surface area contributed by atoms with Crippen LogP contribution in [0.5, 0.6) is 11.5 Å². The van der Waals surface area contributed by atoms with Crippen LogP contribution in [0.2, 0.25) is 0 Å². The molecule has 2 fully saturated rings. The lowest BCUT2D eigenvalue weighted by Gasteiger charge is -2.36. The summed E-state index contributed by atoms with van der Waals surface area (Å²) in [6, 6.07) is 5.33. The number of esters is 1. The van der Waals surface area contributed by atoms with Crippen LogP contribution < -0.4 is 9.47 Å². The van der Waals surface area contributed by atoms with E-state index in [9.17, 15) is 9.59 Å². The predicted molar refractivity (Wildman–Crippen MR) is 145 cm³/mol. The van der Waals surface area contributed by atoms with Gasteiger partial charge in [-0.15, -0.1) is 0 Å². The first-order valence-corrected chi connectivity index (χ1v) is 13.9. The van der Waals surface area contributed by atoms with Crippen molar-refractivity contribution < 1.29 is 33.3 Å². The standard InChI is InChI=1S/C30H47NO7/c1-18(2)21-16-23(25-17-22(19(3)4)28(32)37-25)31(29(33)38-30(5,6)7)27(21)20-11-12-24(35-9)26(15-20)36-14-10-13-34-8/h11-12,15,18-19,21-23,25,27H,10,13-14,16-17H2,1-9H3/t21-,22-,23-,25+,27?/m0/s1. The summed E-state index contributed by atoms with van der Waals surface area (Å²) in [7, 11) is 3.28. The van der Waals surface area contributed by atoms with E-state index in [1.807, 2.05) is 57.7 Å². The largest absolute Gasteiger partial charge is 0.493 e. The quantitative estimate of drug-likeness (QED) is 0.269. The number of amides is 1. The molecule has 1 amide bonds. The van der Waals surface area contributed by atoms with Crippen molar-refractivity contribution in [3.8, 4) is 11.5 Å². The Balaban J connectivity index is 2.03. The highest BCUT2D eigenvalue weighted by molar-refractivity contribution is 5.75. The molecule has 2 aliphatic rings. The molecule has 1 aromatic carbocycles. The van der Waals surface area contributed by atoms with Gasteiger partial charge in [-0.05, 0) is 69.1 Å². The van der Waals surface area contributed by atoms with Gasteiger partial charge in [0.25, 0.3) is 0 Å². The highest BCUT2D eigenvalue weighted by atomic mass is 16.6. The molecule has 0 N–H and O–H groups in total. The molecule has 0 aromatic heterocycles. The van der Waals surface area contributed by atoms with Gasteiger partial charge in [-0.3, -0.25) is 9.69 Å². The van der Waals surface area contributed by atoms with Gasteiger partial charge in [0, 0.05) is 20.1 Å². The van der Waals surface area contributed by atoms with Crippen LogP contribution in [0, 0.1) is 23.7 Å². The van der Waals surface area contributed by atoms with Gasteiger partial charge in [0.2, 0.25) is 0 Å². The maximum Gasteiger partial charge on any atom is 0.411 e. The highest BCUT2D eigenvalue weighted by Gasteiger charge is 2.53. The van der Waals surface area contributed by atoms with Gasteiger partial charge in [-0.25, -0.2) is 4.79 Å². The number of benzene rings is 1. The molecule has 1 aromatic rings. The van der Waals surface area contributed by atoms with Crippen molar-refractivity contribution in [2.24, 2.45) is 23.7 Å². The van der Waals surface area contributed by atoms with E-state index in [1.54, 1.807) is 14.2 Å². The van der Waals surface area contributed by atoms with E-state index in [-0.39, 0.29) is 47.8 Å². The third-order valence-electron chi connectivity index (χ3n) is 7.61. The highest BCUT2D eigenvalue weighted by Crippen LogP contribution is 2.49. The van der Waals surface area contributed by atoms with Crippen LogP contribution in [0.3, 0.4) is 0 Å². The number of hydrogen-bond acceptors (Lipinski definition) is 7. The van der Waals surface area contributed by atoms with Crippen LogP contribution in [0.15, 0.2) is 18.2 Å². The van der Waals surface area contributed by atoms with Crippen LogP contribution in [-0.2, 0) is 19.0 Å². The third-order valence-corrected chi connectivity index (χ3v) is 7.61. The molecule has 2 saturated heterocycles. The molecule has 8 nitrogen and oxygen atoms in total. The fourth-order valence-corrected chi connectivity index (χ4v) is 5.66. The summed E-state index contributed by atoms with van der Waals surface area (Å²) in [5, 5.41) is 0. The molecule has 0 bridgehead atoms. The molecular formula is C30H47NO7. The van der Waals surface area contributed by atoms with Crippen molar-refractivity contribution in [1.82, 2.24) is 4.90 Å². The summed E-state index contributed by atoms with van der Waals surface area (Å²) in [5.41, 5.74) is 0.286. The first-order chi connectivity index (χ1) is 17.9. The van der Waals surface area contributed by atoms with Gasteiger partial charge < -0.3 is 23.7 Å². The number of cyclic esters (lactones) is 1. The Bertz CT molecular complexity index is 954. The lowest BCUT2D eigenvalue weighted by Crippen LogP contribution is -2.46. The number of carbonyl (C=O) groups is 2. The normalized spacial score (nSPS) is 25.7. The predicted octanol–water partition coefficient (Wildman–Crippen LogP) is 6.02. The number of likely N-dealkylation sites (tertiary alicyclic amines) is 1. The molecule has 2 heterocycles. The molecule has 8 heteroatoms. The second-order valence-electron chi connectivity index (χ2n) is 12.2. The van der Waals surface area contributed by atoms with Crippen LogP contribution in [-0.4, -0.2) is 62.1 Å². The molecule has 38 heavy (non-hydrogen) atoms. The summed E-state index contributed by atoms with van der Waals surface area (Å²) in [6.45, 7) is 15.1. The molecule has 5 atom stereocenters. The van der Waals surface area contributed by atoms with Gasteiger partial charge in [-0.1, -0.05) is 33.8 Å². The van der Waals surface area contributed by atoms with Crippen molar-refractivity contribution >= 4 is 12.1 Å². The fraction of sp³-hybridized carbons (Fsp3) is 0.733. The molecule has 0 saturated carbocycles. The lowest BCUT2D eigenvalue weighted by atomic mass is 9.83. The van der Waals surface area contributed by atoms with E-state index in [1.165, 1.54) is 0 Å². The average molecular weight is 534 g/mol. The number of carbonyl (C=O) groups excluding carboxylic acids is 2. The number of nitrogens with zero attached hydrogens (tertiary/aromatic N) is 1. The van der Waals surface area contributed by atoms with Gasteiger partial charge in [-0.2, -0.15) is 0 Å². The molecule has 3 rings (SSSR count). The van der Waals surface area contributed by atoms with Gasteiger partial charge in [0.1, 0.15) is 11.7 Å². The summed E-state index contributed by atoms with van der Waals surface area (Å²) in [6.07, 6.45) is 1.32. The van der Waals surface area contributed by atoms with E-state index in [2.05, 4.69) is 13.8 Å². The molecule has 2 aliphatic heterocycles. The van der Waals surface area contributed by atoms with Crippen molar-refractivity contribution in [3.05, 3.63) is 23.8 Å². The Kier molecular flexibility index (Phi) is 9.96. The zero-order valence-corrected chi connectivity index (χ0v) is 24.6. The number of methoxy groups -OCH3 is 2. The monoisotopic (exact) mass is 533 g/mol. The molecule has 0 radical (unpaired) electrons. The first-order valence-electron chi connectivity index (χ1n) is 13.9.